The molecule has 6 nitrogen and oxygen atoms in total. The number of amides is 1. The summed E-state index contributed by atoms with van der Waals surface area (Å²) in [5, 5.41) is 4.66. The highest BCUT2D eigenvalue weighted by molar-refractivity contribution is 6.05. The van der Waals surface area contributed by atoms with Crippen LogP contribution < -0.4 is 4.90 Å². The van der Waals surface area contributed by atoms with Gasteiger partial charge in [-0.1, -0.05) is 30.3 Å². The van der Waals surface area contributed by atoms with Crippen LogP contribution in [0, 0.1) is 5.82 Å². The summed E-state index contributed by atoms with van der Waals surface area (Å²) < 4.78 is 20.1. The topological polar surface area (TPSA) is 54.5 Å². The molecule has 0 saturated carbocycles. The fourth-order valence-corrected chi connectivity index (χ4v) is 4.34. The summed E-state index contributed by atoms with van der Waals surface area (Å²) in [4.78, 5) is 17.6. The summed E-state index contributed by atoms with van der Waals surface area (Å²) in [5.41, 5.74) is 2.52. The summed E-state index contributed by atoms with van der Waals surface area (Å²) >= 11 is 0. The van der Waals surface area contributed by atoms with Crippen LogP contribution in [0.25, 0.3) is 5.69 Å². The molecule has 1 saturated heterocycles. The van der Waals surface area contributed by atoms with Crippen LogP contribution in [-0.4, -0.2) is 39.7 Å². The van der Waals surface area contributed by atoms with Crippen molar-refractivity contribution in [2.24, 2.45) is 0 Å². The summed E-state index contributed by atoms with van der Waals surface area (Å²) in [7, 11) is 0. The third-order valence-electron chi connectivity index (χ3n) is 6.07. The van der Waals surface area contributed by atoms with E-state index < -0.39 is 0 Å². The molecule has 2 aromatic carbocycles. The molecular weight excluding hydrogens is 419 g/mol. The first-order valence-electron chi connectivity index (χ1n) is 11.1. The van der Waals surface area contributed by atoms with Crippen LogP contribution in [0.1, 0.15) is 28.8 Å². The second kappa shape index (κ2) is 9.42. The third kappa shape index (κ3) is 4.73. The van der Waals surface area contributed by atoms with Crippen LogP contribution in [0.4, 0.5) is 10.2 Å². The normalized spacial score (nSPS) is 14.9. The van der Waals surface area contributed by atoms with Gasteiger partial charge in [-0.15, -0.1) is 5.10 Å². The van der Waals surface area contributed by atoms with E-state index >= 15 is 0 Å². The predicted molar refractivity (Wildman–Crippen MR) is 124 cm³/mol. The van der Waals surface area contributed by atoms with Gasteiger partial charge >= 0.3 is 0 Å². The second-order valence-electron chi connectivity index (χ2n) is 8.28. The number of aromatic nitrogens is 2. The highest BCUT2D eigenvalue weighted by Gasteiger charge is 2.31. The molecule has 33 heavy (non-hydrogen) atoms. The van der Waals surface area contributed by atoms with Gasteiger partial charge in [0.05, 0.1) is 17.5 Å². The number of hydrogen-bond acceptors (Lipinski definition) is 4. The lowest BCUT2D eigenvalue weighted by Gasteiger charge is -2.37. The molecule has 5 rings (SSSR count). The Hall–Kier alpha value is -3.71. The number of likely N-dealkylation sites (tertiary alicyclic amines) is 1. The van der Waals surface area contributed by atoms with Crippen molar-refractivity contribution in [3.05, 3.63) is 102 Å². The van der Waals surface area contributed by atoms with Crippen LogP contribution in [0.5, 0.6) is 0 Å². The zero-order chi connectivity index (χ0) is 22.6. The minimum absolute atomic E-state index is 0.0241. The second-order valence-corrected chi connectivity index (χ2v) is 8.28. The molecule has 0 unspecified atom stereocenters. The van der Waals surface area contributed by atoms with E-state index in [1.54, 1.807) is 34.0 Å². The first kappa shape index (κ1) is 21.2. The lowest BCUT2D eigenvalue weighted by Crippen LogP contribution is -2.47. The number of hydrogen-bond donors (Lipinski definition) is 0. The molecular formula is C26H25FN4O2. The molecule has 7 heteroatoms. The molecule has 0 spiro atoms. The Morgan fingerprint density at radius 3 is 2.48 bits per heavy atom. The number of anilines is 1. The molecule has 0 aliphatic carbocycles. The molecule has 0 N–H and O–H groups in total. The SMILES string of the molecule is O=C(c1ccoc1)N(c1ccn(-c2ccc(F)cc2)n1)C1CCN(Cc2ccccc2)CC1. The molecule has 168 valence electrons. The largest absolute Gasteiger partial charge is 0.472 e. The molecule has 2 aromatic heterocycles. The summed E-state index contributed by atoms with van der Waals surface area (Å²) in [6.45, 7) is 2.70. The maximum absolute atomic E-state index is 13.4. The van der Waals surface area contributed by atoms with Crippen LogP contribution >= 0.6 is 0 Å². The van der Waals surface area contributed by atoms with Crippen molar-refractivity contribution in [3.63, 3.8) is 0 Å². The third-order valence-corrected chi connectivity index (χ3v) is 6.07. The summed E-state index contributed by atoms with van der Waals surface area (Å²) in [6, 6.07) is 20.1. The van der Waals surface area contributed by atoms with Crippen LogP contribution in [0.2, 0.25) is 0 Å². The highest BCUT2D eigenvalue weighted by atomic mass is 19.1. The van der Waals surface area contributed by atoms with Gasteiger partial charge in [-0.25, -0.2) is 9.07 Å². The number of piperidine rings is 1. The number of nitrogens with zero attached hydrogens (tertiary/aromatic N) is 4. The van der Waals surface area contributed by atoms with Gasteiger partial charge in [0.1, 0.15) is 12.1 Å². The minimum Gasteiger partial charge on any atom is -0.472 e. The Morgan fingerprint density at radius 1 is 1.03 bits per heavy atom. The van der Waals surface area contributed by atoms with Gasteiger partial charge in [0.2, 0.25) is 0 Å². The van der Waals surface area contributed by atoms with Gasteiger partial charge in [0.25, 0.3) is 5.91 Å². The maximum atomic E-state index is 13.4. The Kier molecular flexibility index (Phi) is 6.04. The van der Waals surface area contributed by atoms with E-state index in [4.69, 9.17) is 4.42 Å². The Bertz CT molecular complexity index is 1180. The molecule has 3 heterocycles. The number of halogens is 1. The van der Waals surface area contributed by atoms with E-state index in [9.17, 15) is 9.18 Å². The smallest absolute Gasteiger partial charge is 0.263 e. The van der Waals surface area contributed by atoms with Gasteiger partial charge in [-0.05, 0) is 48.7 Å². The van der Waals surface area contributed by atoms with E-state index in [1.165, 1.54) is 30.2 Å². The standard InChI is InChI=1S/C26H25FN4O2/c27-22-6-8-23(9-7-22)30-16-12-25(28-30)31(26(32)21-13-17-33-19-21)24-10-14-29(15-11-24)18-20-4-2-1-3-5-20/h1-9,12-13,16-17,19,24H,10-11,14-15,18H2. The lowest BCUT2D eigenvalue weighted by molar-refractivity contribution is 0.0956. The first-order valence-corrected chi connectivity index (χ1v) is 11.1. The van der Waals surface area contributed by atoms with Crippen LogP contribution in [0.3, 0.4) is 0 Å². The maximum Gasteiger partial charge on any atom is 0.263 e. The van der Waals surface area contributed by atoms with Crippen molar-refractivity contribution in [2.75, 3.05) is 18.0 Å². The van der Waals surface area contributed by atoms with Crippen molar-refractivity contribution in [1.82, 2.24) is 14.7 Å². The van der Waals surface area contributed by atoms with E-state index in [-0.39, 0.29) is 17.8 Å². The lowest BCUT2D eigenvalue weighted by atomic mass is 10.0. The molecule has 1 aliphatic heterocycles. The van der Waals surface area contributed by atoms with Gasteiger partial charge in [0, 0.05) is 37.9 Å². The molecule has 1 fully saturated rings. The molecule has 0 bridgehead atoms. The van der Waals surface area contributed by atoms with E-state index in [1.807, 2.05) is 12.1 Å². The van der Waals surface area contributed by atoms with Gasteiger partial charge in [-0.3, -0.25) is 14.6 Å². The van der Waals surface area contributed by atoms with Gasteiger partial charge in [0.15, 0.2) is 5.82 Å². The Labute approximate surface area is 191 Å². The highest BCUT2D eigenvalue weighted by Crippen LogP contribution is 2.26. The van der Waals surface area contributed by atoms with Crippen molar-refractivity contribution in [1.29, 1.82) is 0 Å². The molecule has 1 aliphatic rings. The predicted octanol–water partition coefficient (Wildman–Crippen LogP) is 4.92. The number of carbonyl (C=O) groups excluding carboxylic acids is 1. The van der Waals surface area contributed by atoms with Crippen LogP contribution in [0.15, 0.2) is 89.9 Å². The van der Waals surface area contributed by atoms with Gasteiger partial charge in [-0.2, -0.15) is 0 Å². The zero-order valence-electron chi connectivity index (χ0n) is 18.2. The summed E-state index contributed by atoms with van der Waals surface area (Å²) in [6.07, 6.45) is 6.46. The first-order chi connectivity index (χ1) is 16.2. The number of furan rings is 1. The number of rotatable bonds is 6. The quantitative estimate of drug-likeness (QED) is 0.424. The molecule has 4 aromatic rings. The minimum atomic E-state index is -0.301. The number of carbonyl (C=O) groups is 1. The fraction of sp³-hybridized carbons (Fsp3) is 0.231. The average Bonchev–Trinajstić information content (AvgIpc) is 3.55. The van der Waals surface area contributed by atoms with Crippen molar-refractivity contribution >= 4 is 11.7 Å². The van der Waals surface area contributed by atoms with Gasteiger partial charge < -0.3 is 4.42 Å². The van der Waals surface area contributed by atoms with Crippen LogP contribution in [-0.2, 0) is 6.54 Å². The molecule has 0 atom stereocenters. The molecule has 1 amide bonds. The average molecular weight is 445 g/mol. The Morgan fingerprint density at radius 2 is 1.79 bits per heavy atom. The monoisotopic (exact) mass is 444 g/mol. The van der Waals surface area contributed by atoms with Crippen molar-refractivity contribution < 1.29 is 13.6 Å². The Balaban J connectivity index is 1.36. The summed E-state index contributed by atoms with van der Waals surface area (Å²) in [5.74, 6) is 0.145. The van der Waals surface area contributed by atoms with E-state index in [0.29, 0.717) is 11.4 Å². The number of benzene rings is 2. The zero-order valence-corrected chi connectivity index (χ0v) is 18.2. The fourth-order valence-electron chi connectivity index (χ4n) is 4.34. The van der Waals surface area contributed by atoms with Crippen molar-refractivity contribution in [3.8, 4) is 5.69 Å². The molecule has 0 radical (unpaired) electrons. The van der Waals surface area contributed by atoms with E-state index in [2.05, 4.69) is 34.3 Å². The van der Waals surface area contributed by atoms with E-state index in [0.717, 1.165) is 38.2 Å². The van der Waals surface area contributed by atoms with Crippen molar-refractivity contribution in [2.45, 2.75) is 25.4 Å².